The SMILES string of the molecule is CC(O)c1cc([N+](=O)[O-])ccc1OCC1CCOCC1. The second kappa shape index (κ2) is 6.67. The quantitative estimate of drug-likeness (QED) is 0.662. The van der Waals surface area contributed by atoms with Crippen molar-refractivity contribution in [3.63, 3.8) is 0 Å². The van der Waals surface area contributed by atoms with Gasteiger partial charge in [-0.2, -0.15) is 0 Å². The predicted octanol–water partition coefficient (Wildman–Crippen LogP) is 2.45. The van der Waals surface area contributed by atoms with Crippen LogP contribution in [0.3, 0.4) is 0 Å². The Labute approximate surface area is 117 Å². The molecule has 0 bridgehead atoms. The molecule has 1 unspecified atom stereocenters. The van der Waals surface area contributed by atoms with Gasteiger partial charge >= 0.3 is 0 Å². The van der Waals surface area contributed by atoms with Crippen LogP contribution < -0.4 is 4.74 Å². The fraction of sp³-hybridized carbons (Fsp3) is 0.571. The summed E-state index contributed by atoms with van der Waals surface area (Å²) >= 11 is 0. The van der Waals surface area contributed by atoms with E-state index in [0.29, 0.717) is 23.8 Å². The van der Waals surface area contributed by atoms with Gasteiger partial charge in [-0.25, -0.2) is 0 Å². The first-order valence-corrected chi connectivity index (χ1v) is 6.75. The molecule has 0 saturated carbocycles. The minimum atomic E-state index is -0.806. The molecule has 1 aliphatic rings. The molecule has 2 rings (SSSR count). The number of nitro benzene ring substituents is 1. The van der Waals surface area contributed by atoms with E-state index in [0.717, 1.165) is 26.1 Å². The molecule has 0 amide bonds. The van der Waals surface area contributed by atoms with E-state index < -0.39 is 11.0 Å². The lowest BCUT2D eigenvalue weighted by Crippen LogP contribution is -2.21. The Kier molecular flexibility index (Phi) is 4.92. The zero-order valence-electron chi connectivity index (χ0n) is 11.4. The molecular weight excluding hydrogens is 262 g/mol. The van der Waals surface area contributed by atoms with Gasteiger partial charge in [-0.1, -0.05) is 0 Å². The number of hydrogen-bond acceptors (Lipinski definition) is 5. The highest BCUT2D eigenvalue weighted by Crippen LogP contribution is 2.30. The van der Waals surface area contributed by atoms with Gasteiger partial charge in [0.2, 0.25) is 0 Å². The Balaban J connectivity index is 2.07. The molecule has 1 N–H and O–H groups in total. The number of nitro groups is 1. The normalized spacial score (nSPS) is 17.7. The van der Waals surface area contributed by atoms with Crippen molar-refractivity contribution in [1.82, 2.24) is 0 Å². The first-order chi connectivity index (χ1) is 9.58. The number of rotatable bonds is 5. The average Bonchev–Trinajstić information content (AvgIpc) is 2.45. The first kappa shape index (κ1) is 14.7. The smallest absolute Gasteiger partial charge is 0.270 e. The van der Waals surface area contributed by atoms with Crippen LogP contribution in [0.25, 0.3) is 0 Å². The van der Waals surface area contributed by atoms with Crippen molar-refractivity contribution in [2.45, 2.75) is 25.9 Å². The molecule has 1 heterocycles. The molecule has 1 aromatic rings. The highest BCUT2D eigenvalue weighted by atomic mass is 16.6. The molecule has 1 fully saturated rings. The lowest BCUT2D eigenvalue weighted by atomic mass is 10.0. The van der Waals surface area contributed by atoms with E-state index in [2.05, 4.69) is 0 Å². The monoisotopic (exact) mass is 281 g/mol. The van der Waals surface area contributed by atoms with Crippen LogP contribution in [0.4, 0.5) is 5.69 Å². The summed E-state index contributed by atoms with van der Waals surface area (Å²) < 4.78 is 11.0. The molecule has 1 aromatic carbocycles. The Morgan fingerprint density at radius 2 is 2.20 bits per heavy atom. The number of aliphatic hydroxyl groups excluding tert-OH is 1. The maximum Gasteiger partial charge on any atom is 0.270 e. The van der Waals surface area contributed by atoms with Crippen molar-refractivity contribution in [3.8, 4) is 5.75 Å². The summed E-state index contributed by atoms with van der Waals surface area (Å²) in [6, 6.07) is 4.31. The zero-order chi connectivity index (χ0) is 14.5. The van der Waals surface area contributed by atoms with Crippen molar-refractivity contribution in [1.29, 1.82) is 0 Å². The second-order valence-electron chi connectivity index (χ2n) is 5.02. The molecule has 0 radical (unpaired) electrons. The Hall–Kier alpha value is -1.66. The molecule has 110 valence electrons. The van der Waals surface area contributed by atoms with Gasteiger partial charge in [-0.05, 0) is 31.7 Å². The molecule has 1 atom stereocenters. The summed E-state index contributed by atoms with van der Waals surface area (Å²) in [7, 11) is 0. The first-order valence-electron chi connectivity index (χ1n) is 6.75. The van der Waals surface area contributed by atoms with Crippen LogP contribution in [0.1, 0.15) is 31.4 Å². The van der Waals surface area contributed by atoms with E-state index in [1.165, 1.54) is 12.1 Å². The highest BCUT2D eigenvalue weighted by Gasteiger charge is 2.18. The van der Waals surface area contributed by atoms with Crippen LogP contribution in [0.15, 0.2) is 18.2 Å². The van der Waals surface area contributed by atoms with Crippen LogP contribution in [0, 0.1) is 16.0 Å². The summed E-state index contributed by atoms with van der Waals surface area (Å²) in [6.45, 7) is 3.61. The molecule has 0 aromatic heterocycles. The second-order valence-corrected chi connectivity index (χ2v) is 5.02. The van der Waals surface area contributed by atoms with Crippen molar-refractivity contribution >= 4 is 5.69 Å². The van der Waals surface area contributed by atoms with Crippen LogP contribution in [0.5, 0.6) is 5.75 Å². The Morgan fingerprint density at radius 3 is 2.80 bits per heavy atom. The number of benzene rings is 1. The molecule has 20 heavy (non-hydrogen) atoms. The fourth-order valence-corrected chi connectivity index (χ4v) is 2.23. The summed E-state index contributed by atoms with van der Waals surface area (Å²) in [5.74, 6) is 0.942. The third kappa shape index (κ3) is 3.68. The Bertz CT molecular complexity index is 469. The van der Waals surface area contributed by atoms with Crippen molar-refractivity contribution in [3.05, 3.63) is 33.9 Å². The zero-order valence-corrected chi connectivity index (χ0v) is 11.4. The van der Waals surface area contributed by atoms with Gasteiger partial charge in [0.25, 0.3) is 5.69 Å². The third-order valence-electron chi connectivity index (χ3n) is 3.47. The molecular formula is C14H19NO5. The van der Waals surface area contributed by atoms with Gasteiger partial charge in [0.1, 0.15) is 5.75 Å². The molecule has 6 nitrogen and oxygen atoms in total. The van der Waals surface area contributed by atoms with Crippen molar-refractivity contribution < 1.29 is 19.5 Å². The van der Waals surface area contributed by atoms with Gasteiger partial charge < -0.3 is 14.6 Å². The summed E-state index contributed by atoms with van der Waals surface area (Å²) in [6.07, 6.45) is 1.10. The van der Waals surface area contributed by atoms with Gasteiger partial charge in [0.15, 0.2) is 0 Å². The van der Waals surface area contributed by atoms with Crippen LogP contribution in [-0.4, -0.2) is 29.9 Å². The van der Waals surface area contributed by atoms with Gasteiger partial charge in [-0.3, -0.25) is 10.1 Å². The van der Waals surface area contributed by atoms with Gasteiger partial charge in [-0.15, -0.1) is 0 Å². The standard InChI is InChI=1S/C14H19NO5/c1-10(16)13-8-12(15(17)18)2-3-14(13)20-9-11-4-6-19-7-5-11/h2-3,8,10-11,16H,4-7,9H2,1H3. The van der Waals surface area contributed by atoms with E-state index in [1.54, 1.807) is 13.0 Å². The van der Waals surface area contributed by atoms with E-state index >= 15 is 0 Å². The van der Waals surface area contributed by atoms with Crippen LogP contribution in [-0.2, 0) is 4.74 Å². The molecule has 1 saturated heterocycles. The van der Waals surface area contributed by atoms with Crippen LogP contribution >= 0.6 is 0 Å². The van der Waals surface area contributed by atoms with E-state index in [-0.39, 0.29) is 5.69 Å². The van der Waals surface area contributed by atoms with E-state index in [4.69, 9.17) is 9.47 Å². The average molecular weight is 281 g/mol. The summed E-state index contributed by atoms with van der Waals surface area (Å²) in [5, 5.41) is 20.5. The number of aliphatic hydroxyl groups is 1. The largest absolute Gasteiger partial charge is 0.493 e. The Morgan fingerprint density at radius 1 is 1.50 bits per heavy atom. The topological polar surface area (TPSA) is 81.8 Å². The molecule has 6 heteroatoms. The van der Waals surface area contributed by atoms with E-state index in [9.17, 15) is 15.2 Å². The minimum Gasteiger partial charge on any atom is -0.493 e. The van der Waals surface area contributed by atoms with Crippen molar-refractivity contribution in [2.24, 2.45) is 5.92 Å². The minimum absolute atomic E-state index is 0.0423. The highest BCUT2D eigenvalue weighted by molar-refractivity contribution is 5.44. The van der Waals surface area contributed by atoms with E-state index in [1.807, 2.05) is 0 Å². The number of ether oxygens (including phenoxy) is 2. The molecule has 1 aliphatic heterocycles. The van der Waals surface area contributed by atoms with Crippen LogP contribution in [0.2, 0.25) is 0 Å². The lowest BCUT2D eigenvalue weighted by molar-refractivity contribution is -0.385. The maximum atomic E-state index is 10.8. The third-order valence-corrected chi connectivity index (χ3v) is 3.47. The molecule has 0 aliphatic carbocycles. The van der Waals surface area contributed by atoms with Gasteiger partial charge in [0.05, 0.1) is 17.6 Å². The number of nitrogens with zero attached hydrogens (tertiary/aromatic N) is 1. The van der Waals surface area contributed by atoms with Gasteiger partial charge in [0, 0.05) is 30.9 Å². The van der Waals surface area contributed by atoms with Crippen molar-refractivity contribution in [2.75, 3.05) is 19.8 Å². The lowest BCUT2D eigenvalue weighted by Gasteiger charge is -2.23. The maximum absolute atomic E-state index is 10.8. The fourth-order valence-electron chi connectivity index (χ4n) is 2.23. The summed E-state index contributed by atoms with van der Waals surface area (Å²) in [4.78, 5) is 10.3. The number of non-ortho nitro benzene ring substituents is 1. The summed E-state index contributed by atoms with van der Waals surface area (Å²) in [5.41, 5.74) is 0.408. The molecule has 0 spiro atoms. The predicted molar refractivity (Wildman–Crippen MR) is 72.8 cm³/mol. The number of hydrogen-bond donors (Lipinski definition) is 1.